The van der Waals surface area contributed by atoms with E-state index in [2.05, 4.69) is 23.1 Å². The van der Waals surface area contributed by atoms with Crippen molar-refractivity contribution in [3.8, 4) is 0 Å². The molecular formula is C15H19NO2. The Hall–Kier alpha value is -1.35. The molecule has 0 N–H and O–H groups in total. The number of para-hydroxylation sites is 1. The molecule has 0 radical (unpaired) electrons. The van der Waals surface area contributed by atoms with Crippen molar-refractivity contribution in [3.05, 3.63) is 29.8 Å². The lowest BCUT2D eigenvalue weighted by molar-refractivity contribution is -0.108. The molecule has 3 rings (SSSR count). The molecule has 2 aliphatic rings. The van der Waals surface area contributed by atoms with E-state index in [1.54, 1.807) is 0 Å². The van der Waals surface area contributed by atoms with Gasteiger partial charge in [-0.15, -0.1) is 0 Å². The third kappa shape index (κ3) is 2.15. The lowest BCUT2D eigenvalue weighted by Crippen LogP contribution is -2.31. The van der Waals surface area contributed by atoms with E-state index in [0.29, 0.717) is 5.92 Å². The molecular weight excluding hydrogens is 226 g/mol. The molecule has 0 saturated carbocycles. The number of carbonyl (C=O) groups is 1. The van der Waals surface area contributed by atoms with E-state index in [9.17, 15) is 4.79 Å². The first-order valence-corrected chi connectivity index (χ1v) is 6.75. The predicted molar refractivity (Wildman–Crippen MR) is 71.0 cm³/mol. The lowest BCUT2D eigenvalue weighted by atomic mass is 10.00. The van der Waals surface area contributed by atoms with E-state index >= 15 is 0 Å². The maximum atomic E-state index is 11.2. The van der Waals surface area contributed by atoms with Gasteiger partial charge >= 0.3 is 0 Å². The van der Waals surface area contributed by atoms with E-state index in [-0.39, 0.29) is 5.92 Å². The Bertz CT molecular complexity index is 426. The molecule has 2 aliphatic heterocycles. The van der Waals surface area contributed by atoms with Crippen molar-refractivity contribution in [2.75, 3.05) is 31.2 Å². The van der Waals surface area contributed by atoms with Crippen molar-refractivity contribution in [3.63, 3.8) is 0 Å². The number of carbonyl (C=O) groups excluding carboxylic acids is 1. The molecule has 1 fully saturated rings. The van der Waals surface area contributed by atoms with E-state index in [4.69, 9.17) is 4.74 Å². The summed E-state index contributed by atoms with van der Waals surface area (Å²) in [7, 11) is 0. The van der Waals surface area contributed by atoms with Crippen LogP contribution in [0.2, 0.25) is 0 Å². The largest absolute Gasteiger partial charge is 0.381 e. The molecule has 0 bridgehead atoms. The summed E-state index contributed by atoms with van der Waals surface area (Å²) in [6.07, 6.45) is 3.37. The smallest absolute Gasteiger partial charge is 0.129 e. The molecule has 0 spiro atoms. The number of anilines is 1. The van der Waals surface area contributed by atoms with Gasteiger partial charge in [0.15, 0.2) is 0 Å². The van der Waals surface area contributed by atoms with E-state index in [1.165, 1.54) is 11.3 Å². The second-order valence-electron chi connectivity index (χ2n) is 5.26. The highest BCUT2D eigenvalue weighted by atomic mass is 16.5. The molecule has 1 aromatic carbocycles. The zero-order valence-electron chi connectivity index (χ0n) is 10.5. The van der Waals surface area contributed by atoms with Crippen molar-refractivity contribution in [1.29, 1.82) is 0 Å². The van der Waals surface area contributed by atoms with Crippen LogP contribution in [0.4, 0.5) is 5.69 Å². The Balaban J connectivity index is 1.75. The molecule has 1 saturated heterocycles. The number of hydrogen-bond acceptors (Lipinski definition) is 3. The quantitative estimate of drug-likeness (QED) is 0.765. The van der Waals surface area contributed by atoms with Crippen molar-refractivity contribution in [2.45, 2.75) is 18.8 Å². The molecule has 0 aliphatic carbocycles. The second-order valence-corrected chi connectivity index (χ2v) is 5.26. The Morgan fingerprint density at radius 1 is 1.28 bits per heavy atom. The van der Waals surface area contributed by atoms with Gasteiger partial charge in [-0.3, -0.25) is 0 Å². The minimum atomic E-state index is 0.0565. The number of ether oxygens (including phenoxy) is 1. The summed E-state index contributed by atoms with van der Waals surface area (Å²) in [5.41, 5.74) is 2.45. The molecule has 2 heterocycles. The van der Waals surface area contributed by atoms with Crippen LogP contribution in [0.15, 0.2) is 24.3 Å². The third-order valence-corrected chi connectivity index (χ3v) is 4.08. The van der Waals surface area contributed by atoms with E-state index < -0.39 is 0 Å². The molecule has 1 unspecified atom stereocenters. The van der Waals surface area contributed by atoms with Crippen LogP contribution in [-0.4, -0.2) is 32.6 Å². The van der Waals surface area contributed by atoms with Gasteiger partial charge in [0.1, 0.15) is 6.29 Å². The maximum Gasteiger partial charge on any atom is 0.129 e. The SMILES string of the molecule is O=CC1CN(CC2CCOCC2)c2ccccc21. The fourth-order valence-corrected chi connectivity index (χ4v) is 3.05. The summed E-state index contributed by atoms with van der Waals surface area (Å²) in [6, 6.07) is 8.30. The number of nitrogens with zero attached hydrogens (tertiary/aromatic N) is 1. The molecule has 1 aromatic rings. The fourth-order valence-electron chi connectivity index (χ4n) is 3.05. The van der Waals surface area contributed by atoms with Gasteiger partial charge in [0.25, 0.3) is 0 Å². The Kier molecular flexibility index (Phi) is 3.33. The second kappa shape index (κ2) is 5.11. The van der Waals surface area contributed by atoms with Gasteiger partial charge in [0, 0.05) is 32.0 Å². The van der Waals surface area contributed by atoms with Crippen LogP contribution in [0, 0.1) is 5.92 Å². The summed E-state index contributed by atoms with van der Waals surface area (Å²) in [4.78, 5) is 13.5. The summed E-state index contributed by atoms with van der Waals surface area (Å²) >= 11 is 0. The van der Waals surface area contributed by atoms with Gasteiger partial charge in [-0.2, -0.15) is 0 Å². The average Bonchev–Trinajstić information content (AvgIpc) is 2.78. The van der Waals surface area contributed by atoms with Gasteiger partial charge in [0.2, 0.25) is 0 Å². The maximum absolute atomic E-state index is 11.2. The molecule has 3 nitrogen and oxygen atoms in total. The van der Waals surface area contributed by atoms with Crippen LogP contribution < -0.4 is 4.90 Å². The number of hydrogen-bond donors (Lipinski definition) is 0. The van der Waals surface area contributed by atoms with E-state index in [0.717, 1.165) is 45.4 Å². The lowest BCUT2D eigenvalue weighted by Gasteiger charge is -2.28. The normalized spacial score (nSPS) is 24.0. The molecule has 0 aromatic heterocycles. The van der Waals surface area contributed by atoms with Crippen LogP contribution in [0.5, 0.6) is 0 Å². The van der Waals surface area contributed by atoms with Gasteiger partial charge in [-0.05, 0) is 30.4 Å². The first-order valence-electron chi connectivity index (χ1n) is 6.75. The van der Waals surface area contributed by atoms with Gasteiger partial charge in [-0.1, -0.05) is 18.2 Å². The first-order chi connectivity index (χ1) is 8.88. The first kappa shape index (κ1) is 11.7. The number of rotatable bonds is 3. The summed E-state index contributed by atoms with van der Waals surface area (Å²) in [5.74, 6) is 0.762. The molecule has 18 heavy (non-hydrogen) atoms. The number of fused-ring (bicyclic) bond motifs is 1. The minimum Gasteiger partial charge on any atom is -0.381 e. The van der Waals surface area contributed by atoms with Gasteiger partial charge in [-0.25, -0.2) is 0 Å². The highest BCUT2D eigenvalue weighted by molar-refractivity contribution is 5.74. The van der Waals surface area contributed by atoms with Crippen LogP contribution in [0.25, 0.3) is 0 Å². The zero-order chi connectivity index (χ0) is 12.4. The van der Waals surface area contributed by atoms with Crippen LogP contribution >= 0.6 is 0 Å². The predicted octanol–water partition coefficient (Wildman–Crippen LogP) is 2.22. The van der Waals surface area contributed by atoms with Gasteiger partial charge in [0.05, 0.1) is 5.92 Å². The molecule has 3 heteroatoms. The summed E-state index contributed by atoms with van der Waals surface area (Å²) < 4.78 is 5.40. The molecule has 1 atom stereocenters. The fraction of sp³-hybridized carbons (Fsp3) is 0.533. The monoisotopic (exact) mass is 245 g/mol. The highest BCUT2D eigenvalue weighted by Gasteiger charge is 2.29. The number of benzene rings is 1. The minimum absolute atomic E-state index is 0.0565. The van der Waals surface area contributed by atoms with Crippen LogP contribution in [-0.2, 0) is 9.53 Å². The van der Waals surface area contributed by atoms with Crippen molar-refractivity contribution in [1.82, 2.24) is 0 Å². The Labute approximate surface area is 108 Å². The van der Waals surface area contributed by atoms with E-state index in [1.807, 2.05) is 6.07 Å². The summed E-state index contributed by atoms with van der Waals surface area (Å²) in [5, 5.41) is 0. The van der Waals surface area contributed by atoms with Crippen molar-refractivity contribution >= 4 is 12.0 Å². The Morgan fingerprint density at radius 2 is 2.06 bits per heavy atom. The zero-order valence-corrected chi connectivity index (χ0v) is 10.5. The standard InChI is InChI=1S/C15H19NO2/c17-11-13-10-16(9-12-5-7-18-8-6-12)15-4-2-1-3-14(13)15/h1-4,11-13H,5-10H2. The Morgan fingerprint density at radius 3 is 2.83 bits per heavy atom. The van der Waals surface area contributed by atoms with Crippen molar-refractivity contribution < 1.29 is 9.53 Å². The molecule has 0 amide bonds. The highest BCUT2D eigenvalue weighted by Crippen LogP contribution is 2.36. The van der Waals surface area contributed by atoms with Crippen LogP contribution in [0.3, 0.4) is 0 Å². The molecule has 96 valence electrons. The van der Waals surface area contributed by atoms with Gasteiger partial charge < -0.3 is 14.4 Å². The van der Waals surface area contributed by atoms with Crippen LogP contribution in [0.1, 0.15) is 24.3 Å². The average molecular weight is 245 g/mol. The third-order valence-electron chi connectivity index (χ3n) is 4.08. The van der Waals surface area contributed by atoms with Crippen molar-refractivity contribution in [2.24, 2.45) is 5.92 Å². The topological polar surface area (TPSA) is 29.5 Å². The summed E-state index contributed by atoms with van der Waals surface area (Å²) in [6.45, 7) is 3.68. The number of aldehydes is 1.